The number of benzene rings is 1. The lowest BCUT2D eigenvalue weighted by Crippen LogP contribution is -2.13. The molecule has 0 aliphatic heterocycles. The molecular formula is C14H14N6S. The average molecular weight is 298 g/mol. The number of H-pyrrole nitrogens is 1. The van der Waals surface area contributed by atoms with E-state index in [0.29, 0.717) is 12.1 Å². The average Bonchev–Trinajstić information content (AvgIpc) is 2.96. The predicted molar refractivity (Wildman–Crippen MR) is 83.3 cm³/mol. The van der Waals surface area contributed by atoms with Gasteiger partial charge in [0.2, 0.25) is 0 Å². The highest BCUT2D eigenvalue weighted by molar-refractivity contribution is 7.99. The minimum atomic E-state index is 0.0325. The minimum Gasteiger partial charge on any atom is -0.388 e. The van der Waals surface area contributed by atoms with Crippen LogP contribution in [0.5, 0.6) is 0 Å². The summed E-state index contributed by atoms with van der Waals surface area (Å²) >= 11 is 1.56. The monoisotopic (exact) mass is 298 g/mol. The first-order chi connectivity index (χ1) is 10.2. The standard InChI is InChI=1S/C14H14N6S/c15-11(16)6-10(9-4-2-1-3-5-9)21-14-12-13(18-7-17-12)19-8-20-14/h1-5,7-8,10H,6H2,(H3,15,16)(H,17,18,19,20). The molecule has 0 fully saturated rings. The maximum Gasteiger partial charge on any atom is 0.181 e. The van der Waals surface area contributed by atoms with Crippen LogP contribution in [0, 0.1) is 5.41 Å². The highest BCUT2D eigenvalue weighted by atomic mass is 32.2. The normalized spacial score (nSPS) is 12.4. The molecule has 1 atom stereocenters. The van der Waals surface area contributed by atoms with Gasteiger partial charge in [-0.1, -0.05) is 42.1 Å². The van der Waals surface area contributed by atoms with Gasteiger partial charge in [-0.05, 0) is 5.56 Å². The maximum absolute atomic E-state index is 7.58. The van der Waals surface area contributed by atoms with E-state index in [4.69, 9.17) is 11.1 Å². The summed E-state index contributed by atoms with van der Waals surface area (Å²) < 4.78 is 0. The van der Waals surface area contributed by atoms with Crippen molar-refractivity contribution in [2.24, 2.45) is 5.73 Å². The molecule has 0 saturated heterocycles. The van der Waals surface area contributed by atoms with Gasteiger partial charge in [0.1, 0.15) is 16.9 Å². The van der Waals surface area contributed by atoms with E-state index >= 15 is 0 Å². The van der Waals surface area contributed by atoms with Crippen LogP contribution < -0.4 is 5.73 Å². The van der Waals surface area contributed by atoms with E-state index in [1.54, 1.807) is 18.1 Å². The zero-order chi connectivity index (χ0) is 14.7. The Balaban J connectivity index is 1.94. The van der Waals surface area contributed by atoms with E-state index in [9.17, 15) is 0 Å². The highest BCUT2D eigenvalue weighted by Gasteiger charge is 2.17. The van der Waals surface area contributed by atoms with Crippen molar-refractivity contribution >= 4 is 28.8 Å². The molecule has 0 aliphatic carbocycles. The van der Waals surface area contributed by atoms with Crippen LogP contribution in [0.15, 0.2) is 48.0 Å². The van der Waals surface area contributed by atoms with Gasteiger partial charge in [0, 0.05) is 11.7 Å². The summed E-state index contributed by atoms with van der Waals surface area (Å²) in [7, 11) is 0. The van der Waals surface area contributed by atoms with Crippen molar-refractivity contribution in [3.63, 3.8) is 0 Å². The lowest BCUT2D eigenvalue weighted by molar-refractivity contribution is 0.974. The third-order valence-electron chi connectivity index (χ3n) is 3.02. The number of amidine groups is 1. The first-order valence-electron chi connectivity index (χ1n) is 6.42. The minimum absolute atomic E-state index is 0.0325. The van der Waals surface area contributed by atoms with E-state index in [2.05, 4.69) is 19.9 Å². The molecule has 0 saturated carbocycles. The van der Waals surface area contributed by atoms with Gasteiger partial charge < -0.3 is 10.7 Å². The molecular weight excluding hydrogens is 284 g/mol. The Labute approximate surface area is 125 Å². The number of hydrogen-bond acceptors (Lipinski definition) is 5. The molecule has 0 aliphatic rings. The van der Waals surface area contributed by atoms with Crippen molar-refractivity contribution in [1.82, 2.24) is 19.9 Å². The second kappa shape index (κ2) is 5.92. The summed E-state index contributed by atoms with van der Waals surface area (Å²) in [5, 5.41) is 8.43. The molecule has 1 aromatic carbocycles. The molecule has 2 aromatic heterocycles. The highest BCUT2D eigenvalue weighted by Crippen LogP contribution is 2.38. The fourth-order valence-electron chi connectivity index (χ4n) is 2.06. The Morgan fingerprint density at radius 2 is 2.05 bits per heavy atom. The maximum atomic E-state index is 7.58. The van der Waals surface area contributed by atoms with E-state index in [-0.39, 0.29) is 11.1 Å². The molecule has 4 N–H and O–H groups in total. The molecule has 7 heteroatoms. The zero-order valence-electron chi connectivity index (χ0n) is 11.2. The molecule has 3 aromatic rings. The van der Waals surface area contributed by atoms with Crippen LogP contribution in [0.25, 0.3) is 11.2 Å². The van der Waals surface area contributed by atoms with Gasteiger partial charge in [0.25, 0.3) is 0 Å². The Bertz CT molecular complexity index is 754. The smallest absolute Gasteiger partial charge is 0.181 e. The molecule has 0 bridgehead atoms. The van der Waals surface area contributed by atoms with Crippen LogP contribution in [-0.4, -0.2) is 25.8 Å². The number of imidazole rings is 1. The van der Waals surface area contributed by atoms with Crippen molar-refractivity contribution < 1.29 is 0 Å². The zero-order valence-corrected chi connectivity index (χ0v) is 12.0. The Kier molecular flexibility index (Phi) is 3.83. The molecule has 3 rings (SSSR count). The topological polar surface area (TPSA) is 104 Å². The summed E-state index contributed by atoms with van der Waals surface area (Å²) in [5.41, 5.74) is 8.16. The molecule has 1 unspecified atom stereocenters. The lowest BCUT2D eigenvalue weighted by atomic mass is 10.1. The van der Waals surface area contributed by atoms with E-state index in [0.717, 1.165) is 16.1 Å². The molecule has 0 radical (unpaired) electrons. The number of rotatable bonds is 5. The third kappa shape index (κ3) is 3.03. The van der Waals surface area contributed by atoms with Gasteiger partial charge >= 0.3 is 0 Å². The molecule has 21 heavy (non-hydrogen) atoms. The number of nitrogens with zero attached hydrogens (tertiary/aromatic N) is 3. The summed E-state index contributed by atoms with van der Waals surface area (Å²) in [5.74, 6) is 0.159. The van der Waals surface area contributed by atoms with Crippen LogP contribution in [-0.2, 0) is 0 Å². The lowest BCUT2D eigenvalue weighted by Gasteiger charge is -2.15. The van der Waals surface area contributed by atoms with Crippen molar-refractivity contribution in [2.45, 2.75) is 16.7 Å². The molecule has 2 heterocycles. The van der Waals surface area contributed by atoms with Gasteiger partial charge in [-0.2, -0.15) is 0 Å². The first kappa shape index (κ1) is 13.6. The molecule has 6 nitrogen and oxygen atoms in total. The van der Waals surface area contributed by atoms with Gasteiger partial charge in [-0.15, -0.1) is 0 Å². The van der Waals surface area contributed by atoms with E-state index < -0.39 is 0 Å². The van der Waals surface area contributed by atoms with Crippen LogP contribution in [0.4, 0.5) is 0 Å². The van der Waals surface area contributed by atoms with Crippen molar-refractivity contribution in [3.05, 3.63) is 48.5 Å². The first-order valence-corrected chi connectivity index (χ1v) is 7.30. The van der Waals surface area contributed by atoms with Gasteiger partial charge in [0.15, 0.2) is 5.65 Å². The molecule has 0 spiro atoms. The fourth-order valence-corrected chi connectivity index (χ4v) is 3.26. The second-order valence-corrected chi connectivity index (χ2v) is 5.72. The Morgan fingerprint density at radius 1 is 1.24 bits per heavy atom. The predicted octanol–water partition coefficient (Wildman–Crippen LogP) is 2.51. The second-order valence-electron chi connectivity index (χ2n) is 4.53. The number of aromatic amines is 1. The number of nitrogens with one attached hydrogen (secondary N) is 2. The number of nitrogens with two attached hydrogens (primary N) is 1. The number of aromatic nitrogens is 4. The number of fused-ring (bicyclic) bond motifs is 1. The Hall–Kier alpha value is -2.41. The van der Waals surface area contributed by atoms with Crippen molar-refractivity contribution in [2.75, 3.05) is 0 Å². The van der Waals surface area contributed by atoms with Gasteiger partial charge in [-0.3, -0.25) is 5.41 Å². The number of thioether (sulfide) groups is 1. The summed E-state index contributed by atoms with van der Waals surface area (Å²) in [4.78, 5) is 15.6. The summed E-state index contributed by atoms with van der Waals surface area (Å²) in [6, 6.07) is 10.00. The van der Waals surface area contributed by atoms with Crippen molar-refractivity contribution in [3.8, 4) is 0 Å². The van der Waals surface area contributed by atoms with Crippen LogP contribution in [0.1, 0.15) is 17.2 Å². The van der Waals surface area contributed by atoms with Crippen LogP contribution >= 0.6 is 11.8 Å². The van der Waals surface area contributed by atoms with Crippen LogP contribution in [0.3, 0.4) is 0 Å². The van der Waals surface area contributed by atoms with Gasteiger partial charge in [-0.25, -0.2) is 15.0 Å². The van der Waals surface area contributed by atoms with Crippen LogP contribution in [0.2, 0.25) is 0 Å². The quantitative estimate of drug-likeness (QED) is 0.290. The Morgan fingerprint density at radius 3 is 2.81 bits per heavy atom. The molecule has 106 valence electrons. The summed E-state index contributed by atoms with van der Waals surface area (Å²) in [6.07, 6.45) is 3.57. The SMILES string of the molecule is N=C(N)CC(Sc1ncnc2nc[nH]c12)c1ccccc1. The van der Waals surface area contributed by atoms with E-state index in [1.165, 1.54) is 6.33 Å². The number of hydrogen-bond donors (Lipinski definition) is 3. The summed E-state index contributed by atoms with van der Waals surface area (Å²) in [6.45, 7) is 0. The molecule has 0 amide bonds. The van der Waals surface area contributed by atoms with E-state index in [1.807, 2.05) is 30.3 Å². The largest absolute Gasteiger partial charge is 0.388 e. The van der Waals surface area contributed by atoms with Gasteiger partial charge in [0.05, 0.1) is 12.2 Å². The van der Waals surface area contributed by atoms with Crippen molar-refractivity contribution in [1.29, 1.82) is 5.41 Å². The fraction of sp³-hybridized carbons (Fsp3) is 0.143. The third-order valence-corrected chi connectivity index (χ3v) is 4.27.